The molecule has 0 aliphatic heterocycles. The van der Waals surface area contributed by atoms with Crippen LogP contribution in [0.3, 0.4) is 0 Å². The van der Waals surface area contributed by atoms with Gasteiger partial charge in [-0.1, -0.05) is 59.6 Å². The summed E-state index contributed by atoms with van der Waals surface area (Å²) in [7, 11) is -4.09. The third-order valence-corrected chi connectivity index (χ3v) is 8.80. The van der Waals surface area contributed by atoms with Gasteiger partial charge in [-0.2, -0.15) is 0 Å². The Morgan fingerprint density at radius 1 is 0.976 bits per heavy atom. The van der Waals surface area contributed by atoms with Crippen molar-refractivity contribution in [2.24, 2.45) is 0 Å². The summed E-state index contributed by atoms with van der Waals surface area (Å²) in [5, 5.41) is 3.88. The minimum Gasteiger partial charge on any atom is -0.348 e. The Balaban J connectivity index is 1.52. The lowest BCUT2D eigenvalue weighted by atomic mass is 10.0. The highest BCUT2D eigenvalue weighted by atomic mass is 35.5. The molecular formula is C31H22ClFN4O3S. The Kier molecular flexibility index (Phi) is 6.76. The normalized spacial score (nSPS) is 11.7. The molecule has 0 spiro atoms. The summed E-state index contributed by atoms with van der Waals surface area (Å²) >= 11 is 6.36. The fraction of sp³-hybridized carbons (Fsp3) is 0.0645. The molecule has 3 heterocycles. The van der Waals surface area contributed by atoms with Crippen molar-refractivity contribution >= 4 is 49.5 Å². The number of fused-ring (bicyclic) bond motifs is 2. The van der Waals surface area contributed by atoms with Gasteiger partial charge in [0.1, 0.15) is 11.3 Å². The number of carbonyl (C=O) groups excluding carboxylic acids is 1. The van der Waals surface area contributed by atoms with Gasteiger partial charge in [0, 0.05) is 41.5 Å². The molecule has 0 atom stereocenters. The minimum absolute atomic E-state index is 0.0648. The first-order valence-electron chi connectivity index (χ1n) is 12.6. The molecule has 0 radical (unpaired) electrons. The van der Waals surface area contributed by atoms with Crippen molar-refractivity contribution in [1.29, 1.82) is 0 Å². The summed E-state index contributed by atoms with van der Waals surface area (Å²) in [6.07, 6.45) is 4.14. The molecule has 0 aliphatic carbocycles. The molecule has 10 heteroatoms. The maximum atomic E-state index is 15.2. The first kappa shape index (κ1) is 26.6. The van der Waals surface area contributed by atoms with E-state index in [0.29, 0.717) is 33.5 Å². The Morgan fingerprint density at radius 2 is 1.73 bits per heavy atom. The number of rotatable bonds is 6. The summed E-state index contributed by atoms with van der Waals surface area (Å²) in [5.74, 6) is -1.01. The van der Waals surface area contributed by atoms with Crippen molar-refractivity contribution in [1.82, 2.24) is 19.3 Å². The van der Waals surface area contributed by atoms with E-state index in [9.17, 15) is 13.2 Å². The number of hydrogen-bond donors (Lipinski definition) is 1. The zero-order valence-electron chi connectivity index (χ0n) is 21.7. The van der Waals surface area contributed by atoms with E-state index >= 15 is 4.39 Å². The van der Waals surface area contributed by atoms with Gasteiger partial charge in [0.05, 0.1) is 15.5 Å². The number of nitrogens with one attached hydrogen (secondary N) is 1. The lowest BCUT2D eigenvalue weighted by molar-refractivity contribution is 0.0950. The van der Waals surface area contributed by atoms with Crippen LogP contribution in [0, 0.1) is 12.7 Å². The van der Waals surface area contributed by atoms with E-state index in [1.165, 1.54) is 36.8 Å². The maximum Gasteiger partial charge on any atom is 0.269 e. The highest BCUT2D eigenvalue weighted by Crippen LogP contribution is 2.36. The monoisotopic (exact) mass is 584 g/mol. The number of halogens is 2. The average Bonchev–Trinajstić information content (AvgIpc) is 3.37. The van der Waals surface area contributed by atoms with Gasteiger partial charge >= 0.3 is 0 Å². The van der Waals surface area contributed by atoms with Crippen LogP contribution < -0.4 is 5.32 Å². The van der Waals surface area contributed by atoms with E-state index in [2.05, 4.69) is 15.3 Å². The maximum absolute atomic E-state index is 15.2. The molecular weight excluding hydrogens is 563 g/mol. The number of pyridine rings is 2. The zero-order valence-corrected chi connectivity index (χ0v) is 23.2. The topological polar surface area (TPSA) is 94.0 Å². The second-order valence-electron chi connectivity index (χ2n) is 9.57. The summed E-state index contributed by atoms with van der Waals surface area (Å²) in [6, 6.07) is 21.9. The number of aromatic nitrogens is 3. The molecule has 6 aromatic rings. The number of aryl methyl sites for hydroxylation is 1. The van der Waals surface area contributed by atoms with Crippen LogP contribution in [0.2, 0.25) is 5.02 Å². The molecule has 3 aromatic carbocycles. The number of amides is 1. The molecule has 204 valence electrons. The lowest BCUT2D eigenvalue weighted by Crippen LogP contribution is -2.23. The van der Waals surface area contributed by atoms with Gasteiger partial charge in [-0.25, -0.2) is 21.8 Å². The van der Waals surface area contributed by atoms with Crippen molar-refractivity contribution in [2.45, 2.75) is 18.4 Å². The predicted molar refractivity (Wildman–Crippen MR) is 157 cm³/mol. The van der Waals surface area contributed by atoms with Gasteiger partial charge in [0.2, 0.25) is 0 Å². The van der Waals surface area contributed by atoms with Crippen molar-refractivity contribution in [3.63, 3.8) is 0 Å². The van der Waals surface area contributed by atoms with E-state index in [-0.39, 0.29) is 27.5 Å². The highest BCUT2D eigenvalue weighted by Gasteiger charge is 2.24. The van der Waals surface area contributed by atoms with Crippen LogP contribution >= 0.6 is 11.6 Å². The summed E-state index contributed by atoms with van der Waals surface area (Å²) in [6.45, 7) is 2.16. The summed E-state index contributed by atoms with van der Waals surface area (Å²) in [5.41, 5.74) is 2.96. The Morgan fingerprint density at radius 3 is 2.49 bits per heavy atom. The molecule has 0 saturated heterocycles. The molecule has 0 bridgehead atoms. The number of carbonyl (C=O) groups is 1. The minimum atomic E-state index is -4.09. The first-order chi connectivity index (χ1) is 19.7. The summed E-state index contributed by atoms with van der Waals surface area (Å²) in [4.78, 5) is 21.6. The van der Waals surface area contributed by atoms with Gasteiger partial charge < -0.3 is 5.32 Å². The smallest absolute Gasteiger partial charge is 0.269 e. The van der Waals surface area contributed by atoms with Gasteiger partial charge in [0.15, 0.2) is 5.65 Å². The lowest BCUT2D eigenvalue weighted by Gasteiger charge is -2.08. The van der Waals surface area contributed by atoms with Gasteiger partial charge in [-0.3, -0.25) is 9.78 Å². The van der Waals surface area contributed by atoms with Crippen molar-refractivity contribution in [3.8, 4) is 11.1 Å². The Hall–Kier alpha value is -4.60. The molecule has 3 aromatic heterocycles. The van der Waals surface area contributed by atoms with Gasteiger partial charge in [-0.15, -0.1) is 0 Å². The molecule has 6 rings (SSSR count). The van der Waals surface area contributed by atoms with Crippen LogP contribution in [0.5, 0.6) is 0 Å². The van der Waals surface area contributed by atoms with E-state index in [0.717, 1.165) is 15.1 Å². The van der Waals surface area contributed by atoms with Crippen LogP contribution in [-0.4, -0.2) is 28.3 Å². The van der Waals surface area contributed by atoms with Crippen molar-refractivity contribution in [3.05, 3.63) is 125 Å². The fourth-order valence-corrected chi connectivity index (χ4v) is 6.18. The standard InChI is InChI=1S/C31H22ClFN4O3S/c1-19-7-9-23(10-8-19)41(39,40)37-18-26(21-13-25-27(32)11-12-34-29(25)28(33)15-21)24-14-22(17-35-30(24)37)31(38)36-16-20-5-3-2-4-6-20/h2-15,17-18H,16H2,1H3,(H,36,38). The van der Waals surface area contributed by atoms with Crippen LogP contribution in [-0.2, 0) is 16.6 Å². The van der Waals surface area contributed by atoms with E-state index in [4.69, 9.17) is 11.6 Å². The molecule has 0 fully saturated rings. The largest absolute Gasteiger partial charge is 0.348 e. The van der Waals surface area contributed by atoms with Gasteiger partial charge in [0.25, 0.3) is 15.9 Å². The van der Waals surface area contributed by atoms with E-state index in [1.54, 1.807) is 30.3 Å². The number of hydrogen-bond acceptors (Lipinski definition) is 5. The van der Waals surface area contributed by atoms with E-state index in [1.807, 2.05) is 37.3 Å². The number of nitrogens with zero attached hydrogens (tertiary/aromatic N) is 3. The average molecular weight is 585 g/mol. The van der Waals surface area contributed by atoms with Gasteiger partial charge in [-0.05, 0) is 54.4 Å². The highest BCUT2D eigenvalue weighted by molar-refractivity contribution is 7.90. The molecule has 1 N–H and O–H groups in total. The second-order valence-corrected chi connectivity index (χ2v) is 11.8. The van der Waals surface area contributed by atoms with Crippen LogP contribution in [0.25, 0.3) is 33.1 Å². The second kappa shape index (κ2) is 10.4. The SMILES string of the molecule is Cc1ccc(S(=O)(=O)n2cc(-c3cc(F)c4nccc(Cl)c4c3)c3cc(C(=O)NCc4ccccc4)cnc32)cc1. The zero-order chi connectivity index (χ0) is 28.7. The van der Waals surface area contributed by atoms with E-state index < -0.39 is 15.8 Å². The third kappa shape index (κ3) is 4.94. The molecule has 7 nitrogen and oxygen atoms in total. The summed E-state index contributed by atoms with van der Waals surface area (Å²) < 4.78 is 43.8. The number of benzene rings is 3. The quantitative estimate of drug-likeness (QED) is 0.240. The predicted octanol–water partition coefficient (Wildman–Crippen LogP) is 6.52. The van der Waals surface area contributed by atoms with Crippen LogP contribution in [0.4, 0.5) is 4.39 Å². The first-order valence-corrected chi connectivity index (χ1v) is 14.4. The van der Waals surface area contributed by atoms with Crippen molar-refractivity contribution in [2.75, 3.05) is 0 Å². The molecule has 1 amide bonds. The third-order valence-electron chi connectivity index (χ3n) is 6.80. The molecule has 0 aliphatic rings. The Labute approximate surface area is 240 Å². The molecule has 0 saturated carbocycles. The fourth-order valence-electron chi connectivity index (χ4n) is 4.66. The van der Waals surface area contributed by atoms with Crippen LogP contribution in [0.1, 0.15) is 21.5 Å². The van der Waals surface area contributed by atoms with Crippen LogP contribution in [0.15, 0.2) is 102 Å². The molecule has 41 heavy (non-hydrogen) atoms. The van der Waals surface area contributed by atoms with Crippen molar-refractivity contribution < 1.29 is 17.6 Å². The Bertz CT molecular complexity index is 2060. The molecule has 0 unspecified atom stereocenters.